The Morgan fingerprint density at radius 2 is 1.83 bits per heavy atom. The summed E-state index contributed by atoms with van der Waals surface area (Å²) in [5, 5.41) is 2.86. The van der Waals surface area contributed by atoms with Gasteiger partial charge in [0.1, 0.15) is 5.78 Å². The van der Waals surface area contributed by atoms with Gasteiger partial charge in [0, 0.05) is 49.3 Å². The van der Waals surface area contributed by atoms with E-state index in [1.54, 1.807) is 4.90 Å². The summed E-state index contributed by atoms with van der Waals surface area (Å²) in [6.45, 7) is 2.06. The first-order chi connectivity index (χ1) is 14.1. The average Bonchev–Trinajstić information content (AvgIpc) is 3.00. The Morgan fingerprint density at radius 1 is 0.966 bits per heavy atom. The number of anilines is 1. The van der Waals surface area contributed by atoms with Crippen LogP contribution in [0.25, 0.3) is 0 Å². The molecule has 2 atom stereocenters. The van der Waals surface area contributed by atoms with E-state index in [1.165, 1.54) is 0 Å². The minimum Gasteiger partial charge on any atom is -0.338 e. The van der Waals surface area contributed by atoms with Crippen molar-refractivity contribution < 1.29 is 14.4 Å². The van der Waals surface area contributed by atoms with Crippen molar-refractivity contribution in [2.75, 3.05) is 24.5 Å². The van der Waals surface area contributed by atoms with E-state index in [-0.39, 0.29) is 23.9 Å². The number of hydrogen-bond acceptors (Lipinski definition) is 3. The summed E-state index contributed by atoms with van der Waals surface area (Å²) in [6, 6.07) is 7.30. The topological polar surface area (TPSA) is 69.7 Å². The van der Waals surface area contributed by atoms with Gasteiger partial charge in [-0.25, -0.2) is 4.79 Å². The highest BCUT2D eigenvalue weighted by Crippen LogP contribution is 2.32. The lowest BCUT2D eigenvalue weighted by Gasteiger charge is -2.37. The second-order valence-electron chi connectivity index (χ2n) is 8.52. The molecule has 6 nitrogen and oxygen atoms in total. The summed E-state index contributed by atoms with van der Waals surface area (Å²) < 4.78 is 0. The van der Waals surface area contributed by atoms with Crippen molar-refractivity contribution in [2.45, 2.75) is 63.8 Å². The molecular weight excluding hydrogens is 366 g/mol. The lowest BCUT2D eigenvalue weighted by Crippen LogP contribution is -2.48. The van der Waals surface area contributed by atoms with Gasteiger partial charge in [-0.1, -0.05) is 25.3 Å². The van der Waals surface area contributed by atoms with E-state index in [2.05, 4.69) is 5.32 Å². The van der Waals surface area contributed by atoms with E-state index in [0.29, 0.717) is 37.4 Å². The quantitative estimate of drug-likeness (QED) is 0.844. The standard InChI is InChI=1S/C23H31N3O3/c27-21-12-4-3-10-19(21)20-11-2-1-5-14-26(20)22(28)17-8-6-9-18(16-17)25-15-7-13-24-23(25)29/h6,8-9,16,19-20H,1-5,7,10-15H2,(H,24,29)/t19-,20+/m1/s1. The Morgan fingerprint density at radius 3 is 2.66 bits per heavy atom. The molecule has 0 unspecified atom stereocenters. The molecule has 2 heterocycles. The molecule has 3 amide bonds. The third kappa shape index (κ3) is 4.31. The molecule has 6 heteroatoms. The predicted octanol–water partition coefficient (Wildman–Crippen LogP) is 3.75. The fourth-order valence-electron chi connectivity index (χ4n) is 5.07. The summed E-state index contributed by atoms with van der Waals surface area (Å²) in [5.74, 6) is 0.316. The zero-order valence-electron chi connectivity index (χ0n) is 17.1. The van der Waals surface area contributed by atoms with Crippen molar-refractivity contribution in [1.29, 1.82) is 0 Å². The molecule has 29 heavy (non-hydrogen) atoms. The molecule has 2 saturated heterocycles. The Hall–Kier alpha value is -2.37. The number of ketones is 1. The fraction of sp³-hybridized carbons (Fsp3) is 0.609. The molecule has 3 fully saturated rings. The number of nitrogens with one attached hydrogen (secondary N) is 1. The first-order valence-corrected chi connectivity index (χ1v) is 11.1. The summed E-state index contributed by atoms with van der Waals surface area (Å²) in [5.41, 5.74) is 1.36. The largest absolute Gasteiger partial charge is 0.338 e. The van der Waals surface area contributed by atoms with E-state index in [1.807, 2.05) is 29.2 Å². The number of benzene rings is 1. The summed E-state index contributed by atoms with van der Waals surface area (Å²) in [4.78, 5) is 42.0. The smallest absolute Gasteiger partial charge is 0.321 e. The number of carbonyl (C=O) groups is 3. The Bertz CT molecular complexity index is 778. The molecule has 2 aliphatic heterocycles. The molecule has 1 aliphatic carbocycles. The zero-order chi connectivity index (χ0) is 20.2. The van der Waals surface area contributed by atoms with Crippen LogP contribution in [0, 0.1) is 5.92 Å². The van der Waals surface area contributed by atoms with Gasteiger partial charge < -0.3 is 10.2 Å². The van der Waals surface area contributed by atoms with E-state index in [4.69, 9.17) is 0 Å². The van der Waals surface area contributed by atoms with Gasteiger partial charge in [-0.05, 0) is 50.3 Å². The molecule has 3 aliphatic rings. The van der Waals surface area contributed by atoms with E-state index in [0.717, 1.165) is 57.1 Å². The third-order valence-corrected chi connectivity index (χ3v) is 6.61. The van der Waals surface area contributed by atoms with Crippen LogP contribution in [0.5, 0.6) is 0 Å². The summed E-state index contributed by atoms with van der Waals surface area (Å²) in [6.07, 6.45) is 8.59. The SMILES string of the molecule is O=C1CCCC[C@@H]1[C@@H]1CCCCCN1C(=O)c1cccc(N2CCCNC2=O)c1. The maximum atomic E-state index is 13.5. The highest BCUT2D eigenvalue weighted by atomic mass is 16.2. The van der Waals surface area contributed by atoms with Gasteiger partial charge in [0.2, 0.25) is 0 Å². The van der Waals surface area contributed by atoms with E-state index < -0.39 is 0 Å². The van der Waals surface area contributed by atoms with Crippen LogP contribution >= 0.6 is 0 Å². The first-order valence-electron chi connectivity index (χ1n) is 11.1. The van der Waals surface area contributed by atoms with Crippen LogP contribution in [0.15, 0.2) is 24.3 Å². The maximum absolute atomic E-state index is 13.5. The predicted molar refractivity (Wildman–Crippen MR) is 112 cm³/mol. The van der Waals surface area contributed by atoms with Crippen molar-refractivity contribution in [3.05, 3.63) is 29.8 Å². The highest BCUT2D eigenvalue weighted by Gasteiger charge is 2.37. The maximum Gasteiger partial charge on any atom is 0.321 e. The average molecular weight is 398 g/mol. The lowest BCUT2D eigenvalue weighted by atomic mass is 9.80. The van der Waals surface area contributed by atoms with Crippen molar-refractivity contribution in [2.24, 2.45) is 5.92 Å². The van der Waals surface area contributed by atoms with Crippen LogP contribution in [0.4, 0.5) is 10.5 Å². The number of hydrogen-bond donors (Lipinski definition) is 1. The fourth-order valence-corrected chi connectivity index (χ4v) is 5.07. The van der Waals surface area contributed by atoms with Crippen molar-refractivity contribution in [3.8, 4) is 0 Å². The molecule has 0 aromatic heterocycles. The molecule has 1 saturated carbocycles. The molecule has 0 spiro atoms. The molecule has 156 valence electrons. The van der Waals surface area contributed by atoms with Gasteiger partial charge in [0.25, 0.3) is 5.91 Å². The number of nitrogens with zero attached hydrogens (tertiary/aromatic N) is 2. The Labute approximate surface area is 172 Å². The second kappa shape index (κ2) is 8.97. The third-order valence-electron chi connectivity index (χ3n) is 6.61. The van der Waals surface area contributed by atoms with Crippen LogP contribution in [-0.2, 0) is 4.79 Å². The van der Waals surface area contributed by atoms with Gasteiger partial charge >= 0.3 is 6.03 Å². The van der Waals surface area contributed by atoms with Crippen LogP contribution in [0.2, 0.25) is 0 Å². The van der Waals surface area contributed by atoms with Gasteiger partial charge in [0.15, 0.2) is 0 Å². The number of amides is 3. The highest BCUT2D eigenvalue weighted by molar-refractivity contribution is 5.98. The van der Waals surface area contributed by atoms with Crippen LogP contribution in [0.1, 0.15) is 68.1 Å². The lowest BCUT2D eigenvalue weighted by molar-refractivity contribution is -0.126. The van der Waals surface area contributed by atoms with E-state index in [9.17, 15) is 14.4 Å². The molecule has 4 rings (SSSR count). The van der Waals surface area contributed by atoms with Crippen LogP contribution in [-0.4, -0.2) is 48.3 Å². The minimum atomic E-state index is -0.110. The summed E-state index contributed by atoms with van der Waals surface area (Å²) >= 11 is 0. The summed E-state index contributed by atoms with van der Waals surface area (Å²) in [7, 11) is 0. The zero-order valence-corrected chi connectivity index (χ0v) is 17.1. The molecular formula is C23H31N3O3. The second-order valence-corrected chi connectivity index (χ2v) is 8.52. The number of likely N-dealkylation sites (tertiary alicyclic amines) is 1. The molecule has 0 bridgehead atoms. The van der Waals surface area contributed by atoms with Crippen molar-refractivity contribution >= 4 is 23.4 Å². The number of rotatable bonds is 3. The van der Waals surface area contributed by atoms with Crippen LogP contribution in [0.3, 0.4) is 0 Å². The van der Waals surface area contributed by atoms with Crippen LogP contribution < -0.4 is 10.2 Å². The number of urea groups is 1. The number of Topliss-reactive ketones (excluding diaryl/α,β-unsaturated/α-hetero) is 1. The first kappa shape index (κ1) is 19.9. The normalized spacial score (nSPS) is 26.1. The van der Waals surface area contributed by atoms with E-state index >= 15 is 0 Å². The van der Waals surface area contributed by atoms with Gasteiger partial charge in [-0.2, -0.15) is 0 Å². The van der Waals surface area contributed by atoms with Gasteiger partial charge in [0.05, 0.1) is 0 Å². The molecule has 1 aromatic rings. The molecule has 0 radical (unpaired) electrons. The van der Waals surface area contributed by atoms with Gasteiger partial charge in [-0.3, -0.25) is 14.5 Å². The van der Waals surface area contributed by atoms with Crippen molar-refractivity contribution in [1.82, 2.24) is 10.2 Å². The van der Waals surface area contributed by atoms with Crippen molar-refractivity contribution in [3.63, 3.8) is 0 Å². The Kier molecular flexibility index (Phi) is 6.16. The monoisotopic (exact) mass is 397 g/mol. The minimum absolute atomic E-state index is 0.00505. The Balaban J connectivity index is 1.58. The number of carbonyl (C=O) groups excluding carboxylic acids is 3. The van der Waals surface area contributed by atoms with Gasteiger partial charge in [-0.15, -0.1) is 0 Å². The molecule has 1 aromatic carbocycles. The molecule has 1 N–H and O–H groups in total.